The first-order chi connectivity index (χ1) is 21.7. The van der Waals surface area contributed by atoms with Gasteiger partial charge in [0.25, 0.3) is 11.8 Å². The van der Waals surface area contributed by atoms with E-state index in [9.17, 15) is 15.0 Å². The molecule has 1 saturated carbocycles. The molecule has 6 nitrogen and oxygen atoms in total. The summed E-state index contributed by atoms with van der Waals surface area (Å²) in [6, 6.07) is 16.0. The van der Waals surface area contributed by atoms with Gasteiger partial charge < -0.3 is 10.7 Å². The second-order valence-corrected chi connectivity index (χ2v) is 13.3. The van der Waals surface area contributed by atoms with Crippen molar-refractivity contribution in [1.82, 2.24) is 4.90 Å². The van der Waals surface area contributed by atoms with E-state index in [1.165, 1.54) is 4.90 Å². The van der Waals surface area contributed by atoms with Gasteiger partial charge in [-0.3, -0.25) is 19.9 Å². The van der Waals surface area contributed by atoms with Crippen LogP contribution in [0.4, 0.5) is 5.69 Å². The van der Waals surface area contributed by atoms with Crippen molar-refractivity contribution >= 4 is 39.7 Å². The average Bonchev–Trinajstić information content (AvgIpc) is 3.64. The summed E-state index contributed by atoms with van der Waals surface area (Å²) >= 11 is 0. The number of hydrogen-bond donors (Lipinski definition) is 3. The summed E-state index contributed by atoms with van der Waals surface area (Å²) in [6.07, 6.45) is 7.66. The van der Waals surface area contributed by atoms with Crippen LogP contribution in [0.2, 0.25) is 0 Å². The van der Waals surface area contributed by atoms with Crippen LogP contribution in [0.3, 0.4) is 0 Å². The highest BCUT2D eigenvalue weighted by Crippen LogP contribution is 2.54. The molecule has 3 aromatic rings. The number of nitrogens with one attached hydrogen (secondary N) is 3. The number of allylic oxidation sites excluding steroid dienone is 2. The molecule has 45 heavy (non-hydrogen) atoms. The molecule has 0 spiro atoms. The van der Waals surface area contributed by atoms with E-state index in [1.54, 1.807) is 0 Å². The molecule has 3 atom stereocenters. The van der Waals surface area contributed by atoms with Crippen LogP contribution in [0.25, 0.3) is 21.9 Å². The number of anilines is 1. The Hall–Kier alpha value is -4.06. The molecule has 0 radical (unpaired) electrons. The maximum absolute atomic E-state index is 13.9. The summed E-state index contributed by atoms with van der Waals surface area (Å²) in [5.41, 5.74) is 7.85. The minimum Gasteiger partial charge on any atom is -0.385 e. The van der Waals surface area contributed by atoms with Crippen LogP contribution in [-0.4, -0.2) is 41.2 Å². The number of rotatable bonds is 11. The fourth-order valence-electron chi connectivity index (χ4n) is 7.69. The second kappa shape index (κ2) is 12.7. The lowest BCUT2D eigenvalue weighted by Gasteiger charge is -2.28. The lowest BCUT2D eigenvalue weighted by Crippen LogP contribution is -2.40. The lowest BCUT2D eigenvalue weighted by atomic mass is 9.85. The Kier molecular flexibility index (Phi) is 8.76. The summed E-state index contributed by atoms with van der Waals surface area (Å²) in [5.74, 6) is 1.81. The third kappa shape index (κ3) is 5.76. The third-order valence-electron chi connectivity index (χ3n) is 10.5. The zero-order chi connectivity index (χ0) is 31.8. The summed E-state index contributed by atoms with van der Waals surface area (Å²) in [6.45, 7) is 9.65. The summed E-state index contributed by atoms with van der Waals surface area (Å²) in [5, 5.41) is 23.1. The van der Waals surface area contributed by atoms with E-state index < -0.39 is 0 Å². The number of nitrogens with zero attached hydrogens (tertiary/aromatic N) is 1. The molecule has 3 N–H and O–H groups in total. The molecule has 6 rings (SSSR count). The molecule has 2 amide bonds. The van der Waals surface area contributed by atoms with E-state index in [-0.39, 0.29) is 11.8 Å². The van der Waals surface area contributed by atoms with Gasteiger partial charge in [0.05, 0.1) is 5.71 Å². The van der Waals surface area contributed by atoms with Gasteiger partial charge in [0.1, 0.15) is 0 Å². The number of carbonyl (C=O) groups excluding carboxylic acids is 2. The zero-order valence-corrected chi connectivity index (χ0v) is 27.2. The van der Waals surface area contributed by atoms with Gasteiger partial charge >= 0.3 is 0 Å². The van der Waals surface area contributed by atoms with Crippen molar-refractivity contribution in [1.29, 1.82) is 10.8 Å². The molecule has 0 aromatic heterocycles. The molecule has 0 bridgehead atoms. The Morgan fingerprint density at radius 3 is 2.29 bits per heavy atom. The molecule has 1 aliphatic heterocycles. The summed E-state index contributed by atoms with van der Waals surface area (Å²) < 4.78 is 0. The fraction of sp³-hybridized carbons (Fsp3) is 0.436. The number of carbonyl (C=O) groups is 2. The standard InChI is InChI=1S/C39H46N4O2/c1-5-7-18-42-35-17-16-32-36-33(35)21-27(22-34(36)39(45)43(38(32)44)19-8-6-2)25-10-9-11-26(20-25)37(41)31-15-13-29-23(3)28(29)12-14-30(31)24(4)40/h9-11,16-17,20-23,28-29,40-42H,5-8,12-15,18-19H2,1-4H3/b31-30-,40-24?,41-37?/t23-,28?,29?/m0/s1. The Labute approximate surface area is 267 Å². The van der Waals surface area contributed by atoms with Crippen LogP contribution in [-0.2, 0) is 0 Å². The molecular weight excluding hydrogens is 556 g/mol. The molecule has 3 aliphatic rings. The van der Waals surface area contributed by atoms with Gasteiger partial charge in [-0.05, 0) is 116 Å². The van der Waals surface area contributed by atoms with Crippen LogP contribution in [0.1, 0.15) is 105 Å². The fourth-order valence-corrected chi connectivity index (χ4v) is 7.69. The molecule has 1 fully saturated rings. The lowest BCUT2D eigenvalue weighted by molar-refractivity contribution is 0.0608. The Morgan fingerprint density at radius 2 is 1.58 bits per heavy atom. The highest BCUT2D eigenvalue weighted by Gasteiger charge is 2.46. The molecule has 3 aromatic carbocycles. The Balaban J connectivity index is 1.43. The van der Waals surface area contributed by atoms with Gasteiger partial charge in [-0.25, -0.2) is 0 Å². The van der Waals surface area contributed by atoms with Crippen molar-refractivity contribution in [2.45, 2.75) is 79.1 Å². The normalized spacial score (nSPS) is 22.6. The maximum Gasteiger partial charge on any atom is 0.261 e. The monoisotopic (exact) mass is 602 g/mol. The van der Waals surface area contributed by atoms with Crippen LogP contribution < -0.4 is 5.32 Å². The first-order valence-electron chi connectivity index (χ1n) is 16.9. The molecule has 6 heteroatoms. The van der Waals surface area contributed by atoms with Crippen LogP contribution in [0.5, 0.6) is 0 Å². The minimum atomic E-state index is -0.235. The predicted octanol–water partition coefficient (Wildman–Crippen LogP) is 9.28. The number of amides is 2. The average molecular weight is 603 g/mol. The second-order valence-electron chi connectivity index (χ2n) is 13.3. The smallest absolute Gasteiger partial charge is 0.261 e. The van der Waals surface area contributed by atoms with Crippen LogP contribution in [0.15, 0.2) is 59.7 Å². The summed E-state index contributed by atoms with van der Waals surface area (Å²) in [7, 11) is 0. The van der Waals surface area contributed by atoms with Gasteiger partial charge in [-0.15, -0.1) is 0 Å². The molecule has 234 valence electrons. The van der Waals surface area contributed by atoms with Gasteiger partial charge in [0.2, 0.25) is 0 Å². The minimum absolute atomic E-state index is 0.217. The number of fused-ring (bicyclic) bond motifs is 1. The first-order valence-corrected chi connectivity index (χ1v) is 16.9. The molecule has 0 saturated heterocycles. The number of benzene rings is 3. The van der Waals surface area contributed by atoms with Gasteiger partial charge in [-0.1, -0.05) is 51.8 Å². The predicted molar refractivity (Wildman–Crippen MR) is 185 cm³/mol. The van der Waals surface area contributed by atoms with E-state index >= 15 is 0 Å². The van der Waals surface area contributed by atoms with Crippen molar-refractivity contribution in [3.63, 3.8) is 0 Å². The van der Waals surface area contributed by atoms with Crippen molar-refractivity contribution in [2.75, 3.05) is 18.4 Å². The first kappa shape index (κ1) is 30.9. The molecule has 2 unspecified atom stereocenters. The van der Waals surface area contributed by atoms with Crippen LogP contribution >= 0.6 is 0 Å². The van der Waals surface area contributed by atoms with E-state index in [0.29, 0.717) is 29.1 Å². The molecule has 1 heterocycles. The summed E-state index contributed by atoms with van der Waals surface area (Å²) in [4.78, 5) is 28.8. The Morgan fingerprint density at radius 1 is 0.867 bits per heavy atom. The van der Waals surface area contributed by atoms with E-state index in [2.05, 4.69) is 38.2 Å². The number of hydrogen-bond acceptors (Lipinski definition) is 5. The third-order valence-corrected chi connectivity index (χ3v) is 10.5. The van der Waals surface area contributed by atoms with Crippen LogP contribution in [0, 0.1) is 28.6 Å². The van der Waals surface area contributed by atoms with Gasteiger partial charge in [0.15, 0.2) is 0 Å². The molecular formula is C39H46N4O2. The van der Waals surface area contributed by atoms with Gasteiger partial charge in [0, 0.05) is 52.0 Å². The Bertz CT molecular complexity index is 1730. The van der Waals surface area contributed by atoms with Crippen molar-refractivity contribution in [3.8, 4) is 11.1 Å². The largest absolute Gasteiger partial charge is 0.385 e. The number of imide groups is 1. The van der Waals surface area contributed by atoms with E-state index in [1.807, 2.05) is 43.3 Å². The quantitative estimate of drug-likeness (QED) is 0.116. The van der Waals surface area contributed by atoms with Crippen molar-refractivity contribution < 1.29 is 9.59 Å². The van der Waals surface area contributed by atoms with E-state index in [4.69, 9.17) is 5.41 Å². The van der Waals surface area contributed by atoms with Crippen molar-refractivity contribution in [2.24, 2.45) is 17.8 Å². The highest BCUT2D eigenvalue weighted by atomic mass is 16.2. The van der Waals surface area contributed by atoms with Crippen molar-refractivity contribution in [3.05, 3.63) is 76.4 Å². The maximum atomic E-state index is 13.9. The van der Waals surface area contributed by atoms with Gasteiger partial charge in [-0.2, -0.15) is 0 Å². The zero-order valence-electron chi connectivity index (χ0n) is 27.2. The SMILES string of the molecule is CCCCNc1ccc2c3c(cc(-c4cccc(C(=N)/C5=C(\C(C)=N)CCC6C(CC5)[C@H]6C)c4)cc13)C(=O)N(CCCC)C2=O. The molecule has 2 aliphatic carbocycles. The topological polar surface area (TPSA) is 97.1 Å². The van der Waals surface area contributed by atoms with E-state index in [0.717, 1.165) is 120 Å². The highest BCUT2D eigenvalue weighted by molar-refractivity contribution is 6.27. The number of unbranched alkanes of at least 4 members (excludes halogenated alkanes) is 2.